The average Bonchev–Trinajstić information content (AvgIpc) is 3.06. The third-order valence-electron chi connectivity index (χ3n) is 5.50. The van der Waals surface area contributed by atoms with Crippen molar-refractivity contribution in [3.05, 3.63) is 65.5 Å². The van der Waals surface area contributed by atoms with Crippen molar-refractivity contribution in [1.29, 1.82) is 0 Å². The Balaban J connectivity index is 1.43. The van der Waals surface area contributed by atoms with E-state index >= 15 is 0 Å². The molecule has 0 N–H and O–H groups in total. The van der Waals surface area contributed by atoms with Crippen LogP contribution in [0, 0.1) is 11.7 Å². The fourth-order valence-electron chi connectivity index (χ4n) is 4.08. The van der Waals surface area contributed by atoms with Gasteiger partial charge >= 0.3 is 0 Å². The van der Waals surface area contributed by atoms with Crippen LogP contribution in [0.4, 0.5) is 10.1 Å². The van der Waals surface area contributed by atoms with E-state index in [1.165, 1.54) is 17.7 Å². The Morgan fingerprint density at radius 2 is 1.96 bits per heavy atom. The number of anilines is 1. The summed E-state index contributed by atoms with van der Waals surface area (Å²) in [5, 5.41) is 0. The maximum atomic E-state index is 13.5. The van der Waals surface area contributed by atoms with Crippen LogP contribution in [-0.4, -0.2) is 36.3 Å². The second kappa shape index (κ2) is 7.51. The van der Waals surface area contributed by atoms with Crippen LogP contribution >= 0.6 is 0 Å². The Kier molecular flexibility index (Phi) is 4.92. The van der Waals surface area contributed by atoms with Crippen molar-refractivity contribution >= 4 is 17.5 Å². The van der Waals surface area contributed by atoms with Crippen molar-refractivity contribution in [3.8, 4) is 0 Å². The highest BCUT2D eigenvalue weighted by molar-refractivity contribution is 5.99. The molecule has 4 nitrogen and oxygen atoms in total. The fourth-order valence-corrected chi connectivity index (χ4v) is 4.08. The highest BCUT2D eigenvalue weighted by atomic mass is 19.1. The smallest absolute Gasteiger partial charge is 0.232 e. The summed E-state index contributed by atoms with van der Waals surface area (Å²) in [4.78, 5) is 29.0. The Morgan fingerprint density at radius 3 is 2.78 bits per heavy atom. The molecule has 0 radical (unpaired) electrons. The molecule has 1 unspecified atom stereocenters. The molecule has 0 spiro atoms. The molecule has 2 aliphatic rings. The number of hydrogen-bond acceptors (Lipinski definition) is 2. The maximum Gasteiger partial charge on any atom is 0.232 e. The van der Waals surface area contributed by atoms with Crippen LogP contribution < -0.4 is 4.90 Å². The van der Waals surface area contributed by atoms with Gasteiger partial charge in [-0.1, -0.05) is 30.3 Å². The van der Waals surface area contributed by atoms with E-state index in [4.69, 9.17) is 0 Å². The lowest BCUT2D eigenvalue weighted by atomic mass is 9.99. The lowest BCUT2D eigenvalue weighted by molar-refractivity contribution is -0.128. The third kappa shape index (κ3) is 3.72. The van der Waals surface area contributed by atoms with Crippen LogP contribution in [0.2, 0.25) is 0 Å². The first-order chi connectivity index (χ1) is 13.1. The number of benzene rings is 2. The topological polar surface area (TPSA) is 40.6 Å². The van der Waals surface area contributed by atoms with E-state index < -0.39 is 0 Å². The summed E-state index contributed by atoms with van der Waals surface area (Å²) in [6.45, 7) is 1.73. The van der Waals surface area contributed by atoms with Gasteiger partial charge in [0.05, 0.1) is 5.92 Å². The summed E-state index contributed by atoms with van der Waals surface area (Å²) < 4.78 is 13.5. The first kappa shape index (κ1) is 17.7. The largest absolute Gasteiger partial charge is 0.342 e. The molecule has 4 rings (SSSR count). The van der Waals surface area contributed by atoms with Crippen LogP contribution in [0.15, 0.2) is 48.5 Å². The molecule has 140 valence electrons. The van der Waals surface area contributed by atoms with Crippen LogP contribution in [0.3, 0.4) is 0 Å². The van der Waals surface area contributed by atoms with Gasteiger partial charge in [0, 0.05) is 31.7 Å². The lowest BCUT2D eigenvalue weighted by Gasteiger charge is -2.31. The highest BCUT2D eigenvalue weighted by Gasteiger charge is 2.37. The van der Waals surface area contributed by atoms with Crippen molar-refractivity contribution in [1.82, 2.24) is 4.90 Å². The van der Waals surface area contributed by atoms with Gasteiger partial charge in [0.15, 0.2) is 0 Å². The van der Waals surface area contributed by atoms with Gasteiger partial charge in [-0.15, -0.1) is 0 Å². The molecule has 2 aromatic rings. The summed E-state index contributed by atoms with van der Waals surface area (Å²) in [6, 6.07) is 14.7. The molecular weight excluding hydrogens is 343 g/mol. The van der Waals surface area contributed by atoms with Crippen molar-refractivity contribution < 1.29 is 14.0 Å². The minimum atomic E-state index is -0.315. The number of nitrogens with zero attached hydrogens (tertiary/aromatic N) is 2. The Morgan fingerprint density at radius 1 is 1.15 bits per heavy atom. The van der Waals surface area contributed by atoms with E-state index in [1.54, 1.807) is 15.9 Å². The lowest BCUT2D eigenvalue weighted by Crippen LogP contribution is -2.40. The predicted molar refractivity (Wildman–Crippen MR) is 102 cm³/mol. The first-order valence-corrected chi connectivity index (χ1v) is 9.53. The van der Waals surface area contributed by atoms with E-state index in [9.17, 15) is 14.0 Å². The number of likely N-dealkylation sites (tertiary alicyclic amines) is 1. The highest BCUT2D eigenvalue weighted by Crippen LogP contribution is 2.31. The molecular formula is C22H23FN2O2. The van der Waals surface area contributed by atoms with Crippen LogP contribution in [-0.2, 0) is 22.4 Å². The first-order valence-electron chi connectivity index (χ1n) is 9.53. The normalized spacial score (nSPS) is 19.3. The van der Waals surface area contributed by atoms with Gasteiger partial charge in [0.2, 0.25) is 11.8 Å². The number of carbonyl (C=O) groups excluding carboxylic acids is 2. The molecule has 0 saturated carbocycles. The Labute approximate surface area is 158 Å². The molecule has 0 bridgehead atoms. The van der Waals surface area contributed by atoms with Crippen LogP contribution in [0.5, 0.6) is 0 Å². The molecule has 1 fully saturated rings. The third-order valence-corrected chi connectivity index (χ3v) is 5.50. The quantitative estimate of drug-likeness (QED) is 0.834. The second-order valence-electron chi connectivity index (χ2n) is 7.34. The van der Waals surface area contributed by atoms with Gasteiger partial charge in [-0.3, -0.25) is 9.59 Å². The molecule has 27 heavy (non-hydrogen) atoms. The van der Waals surface area contributed by atoms with Gasteiger partial charge < -0.3 is 9.80 Å². The average molecular weight is 366 g/mol. The van der Waals surface area contributed by atoms with E-state index in [1.807, 2.05) is 30.3 Å². The Hall–Kier alpha value is -2.69. The van der Waals surface area contributed by atoms with Crippen molar-refractivity contribution in [2.24, 2.45) is 5.92 Å². The molecule has 2 aromatic carbocycles. The van der Waals surface area contributed by atoms with E-state index in [0.29, 0.717) is 19.6 Å². The molecule has 0 aromatic heterocycles. The minimum Gasteiger partial charge on any atom is -0.342 e. The van der Waals surface area contributed by atoms with Crippen LogP contribution in [0.1, 0.15) is 24.0 Å². The van der Waals surface area contributed by atoms with Gasteiger partial charge in [0.1, 0.15) is 5.82 Å². The SMILES string of the molecule is O=C1CC(C(=O)N2CCCc3cc(F)ccc32)CN1CCc1ccccc1. The van der Waals surface area contributed by atoms with Crippen molar-refractivity contribution in [2.45, 2.75) is 25.7 Å². The summed E-state index contributed by atoms with van der Waals surface area (Å²) in [6.07, 6.45) is 2.66. The molecule has 1 atom stereocenters. The molecule has 5 heteroatoms. The number of halogens is 1. The molecule has 2 aliphatic heterocycles. The standard InChI is InChI=1S/C22H23FN2O2/c23-19-8-9-20-17(13-19)7-4-11-25(20)22(27)18-14-21(26)24(15-18)12-10-16-5-2-1-3-6-16/h1-3,5-6,8-9,13,18H,4,7,10-12,14-15H2. The van der Waals surface area contributed by atoms with Gasteiger partial charge in [-0.2, -0.15) is 0 Å². The predicted octanol–water partition coefficient (Wildman–Crippen LogP) is 3.20. The number of fused-ring (bicyclic) bond motifs is 1. The minimum absolute atomic E-state index is 0.0156. The van der Waals surface area contributed by atoms with Gasteiger partial charge in [0.25, 0.3) is 0 Å². The number of carbonyl (C=O) groups is 2. The number of rotatable bonds is 4. The zero-order valence-corrected chi connectivity index (χ0v) is 15.2. The van der Waals surface area contributed by atoms with Crippen molar-refractivity contribution in [2.75, 3.05) is 24.5 Å². The number of hydrogen-bond donors (Lipinski definition) is 0. The number of amides is 2. The second-order valence-corrected chi connectivity index (χ2v) is 7.34. The summed E-state index contributed by atoms with van der Waals surface area (Å²) in [5.41, 5.74) is 2.86. The maximum absolute atomic E-state index is 13.5. The molecule has 0 aliphatic carbocycles. The van der Waals surface area contributed by atoms with Gasteiger partial charge in [-0.05, 0) is 48.6 Å². The zero-order chi connectivity index (χ0) is 18.8. The van der Waals surface area contributed by atoms with Crippen LogP contribution in [0.25, 0.3) is 0 Å². The van der Waals surface area contributed by atoms with Crippen molar-refractivity contribution in [3.63, 3.8) is 0 Å². The summed E-state index contributed by atoms with van der Waals surface area (Å²) in [7, 11) is 0. The summed E-state index contributed by atoms with van der Waals surface area (Å²) >= 11 is 0. The summed E-state index contributed by atoms with van der Waals surface area (Å²) in [5.74, 6) is -0.561. The molecule has 2 amide bonds. The van der Waals surface area contributed by atoms with Gasteiger partial charge in [-0.25, -0.2) is 4.39 Å². The zero-order valence-electron chi connectivity index (χ0n) is 15.2. The van der Waals surface area contributed by atoms with E-state index in [2.05, 4.69) is 0 Å². The number of aryl methyl sites for hydroxylation is 1. The Bertz CT molecular complexity index is 853. The monoisotopic (exact) mass is 366 g/mol. The van der Waals surface area contributed by atoms with E-state index in [-0.39, 0.29) is 30.0 Å². The molecule has 2 heterocycles. The molecule has 1 saturated heterocycles. The van der Waals surface area contributed by atoms with E-state index in [0.717, 1.165) is 30.5 Å². The fraction of sp³-hybridized carbons (Fsp3) is 0.364.